The molecule has 0 spiro atoms. The van der Waals surface area contributed by atoms with Crippen molar-refractivity contribution in [3.8, 4) is 11.5 Å². The van der Waals surface area contributed by atoms with Gasteiger partial charge < -0.3 is 15.5 Å². The summed E-state index contributed by atoms with van der Waals surface area (Å²) in [7, 11) is 0. The SMILES string of the molecule is O=C(CN1C(=O)S/C(=C/c2ccc(O)c(O)c2)C1=O)Nc1cccc(Cl)c1. The van der Waals surface area contributed by atoms with Crippen LogP contribution in [-0.4, -0.2) is 38.7 Å². The van der Waals surface area contributed by atoms with Crippen LogP contribution in [0.4, 0.5) is 10.5 Å². The molecule has 3 N–H and O–H groups in total. The summed E-state index contributed by atoms with van der Waals surface area (Å²) < 4.78 is 0. The molecule has 0 bridgehead atoms. The first-order valence-electron chi connectivity index (χ1n) is 7.66. The first-order chi connectivity index (χ1) is 12.8. The van der Waals surface area contributed by atoms with E-state index in [1.54, 1.807) is 24.3 Å². The minimum Gasteiger partial charge on any atom is -0.504 e. The molecule has 1 saturated heterocycles. The Morgan fingerprint density at radius 2 is 1.93 bits per heavy atom. The van der Waals surface area contributed by atoms with Gasteiger partial charge >= 0.3 is 0 Å². The third-order valence-electron chi connectivity index (χ3n) is 3.58. The van der Waals surface area contributed by atoms with Crippen LogP contribution < -0.4 is 5.32 Å². The molecule has 3 amide bonds. The molecule has 1 fully saturated rings. The number of rotatable bonds is 4. The first-order valence-corrected chi connectivity index (χ1v) is 8.86. The number of thioether (sulfide) groups is 1. The van der Waals surface area contributed by atoms with E-state index in [2.05, 4.69) is 5.32 Å². The molecule has 1 aliphatic heterocycles. The third-order valence-corrected chi connectivity index (χ3v) is 4.72. The highest BCUT2D eigenvalue weighted by Crippen LogP contribution is 2.33. The maximum Gasteiger partial charge on any atom is 0.294 e. The lowest BCUT2D eigenvalue weighted by Gasteiger charge is -2.12. The van der Waals surface area contributed by atoms with E-state index in [0.29, 0.717) is 28.0 Å². The maximum atomic E-state index is 12.4. The number of halogens is 1. The zero-order valence-electron chi connectivity index (χ0n) is 13.7. The summed E-state index contributed by atoms with van der Waals surface area (Å²) in [6.45, 7) is -0.435. The van der Waals surface area contributed by atoms with E-state index in [0.717, 1.165) is 4.90 Å². The number of nitrogens with zero attached hydrogens (tertiary/aromatic N) is 1. The van der Waals surface area contributed by atoms with Crippen LogP contribution in [0.5, 0.6) is 11.5 Å². The molecule has 0 atom stereocenters. The predicted octanol–water partition coefficient (Wildman–Crippen LogP) is 3.43. The van der Waals surface area contributed by atoms with Crippen LogP contribution in [0.25, 0.3) is 6.08 Å². The lowest BCUT2D eigenvalue weighted by Crippen LogP contribution is -2.36. The molecule has 9 heteroatoms. The zero-order valence-corrected chi connectivity index (χ0v) is 15.3. The van der Waals surface area contributed by atoms with Crippen LogP contribution in [0.2, 0.25) is 5.02 Å². The minimum absolute atomic E-state index is 0.112. The molecule has 2 aromatic carbocycles. The average molecular weight is 405 g/mol. The number of aromatic hydroxyl groups is 2. The molecule has 138 valence electrons. The summed E-state index contributed by atoms with van der Waals surface area (Å²) in [5.74, 6) is -1.79. The van der Waals surface area contributed by atoms with Crippen LogP contribution in [0.3, 0.4) is 0 Å². The lowest BCUT2D eigenvalue weighted by atomic mass is 10.2. The number of carbonyl (C=O) groups is 3. The van der Waals surface area contributed by atoms with E-state index in [1.165, 1.54) is 24.3 Å². The Morgan fingerprint density at radius 1 is 1.15 bits per heavy atom. The van der Waals surface area contributed by atoms with Crippen LogP contribution in [0.15, 0.2) is 47.4 Å². The van der Waals surface area contributed by atoms with E-state index in [9.17, 15) is 24.6 Å². The topological polar surface area (TPSA) is 107 Å². The van der Waals surface area contributed by atoms with Crippen molar-refractivity contribution in [3.63, 3.8) is 0 Å². The van der Waals surface area contributed by atoms with Crippen molar-refractivity contribution in [1.29, 1.82) is 0 Å². The number of imide groups is 1. The molecular weight excluding hydrogens is 392 g/mol. The zero-order chi connectivity index (χ0) is 19.6. The van der Waals surface area contributed by atoms with Gasteiger partial charge in [-0.25, -0.2) is 0 Å². The van der Waals surface area contributed by atoms with Gasteiger partial charge in [0.1, 0.15) is 6.54 Å². The Balaban J connectivity index is 1.71. The van der Waals surface area contributed by atoms with Crippen molar-refractivity contribution >= 4 is 52.2 Å². The number of nitrogens with one attached hydrogen (secondary N) is 1. The van der Waals surface area contributed by atoms with E-state index >= 15 is 0 Å². The standard InChI is InChI=1S/C18H13ClN2O5S/c19-11-2-1-3-12(8-11)20-16(24)9-21-17(25)15(27-18(21)26)7-10-4-5-13(22)14(23)6-10/h1-8,22-23H,9H2,(H,20,24)/b15-7+. The predicted molar refractivity (Wildman–Crippen MR) is 103 cm³/mol. The highest BCUT2D eigenvalue weighted by atomic mass is 35.5. The summed E-state index contributed by atoms with van der Waals surface area (Å²) in [5, 5.41) is 21.3. The fourth-order valence-electron chi connectivity index (χ4n) is 2.33. The normalized spacial score (nSPS) is 15.4. The molecule has 0 unspecified atom stereocenters. The minimum atomic E-state index is -0.612. The molecular formula is C18H13ClN2O5S. The van der Waals surface area contributed by atoms with Gasteiger partial charge in [-0.05, 0) is 53.7 Å². The molecule has 1 aliphatic rings. The quantitative estimate of drug-likeness (QED) is 0.532. The van der Waals surface area contributed by atoms with Gasteiger partial charge in [-0.3, -0.25) is 19.3 Å². The van der Waals surface area contributed by atoms with Crippen molar-refractivity contribution in [2.24, 2.45) is 0 Å². The number of anilines is 1. The number of benzene rings is 2. The van der Waals surface area contributed by atoms with Crippen molar-refractivity contribution in [3.05, 3.63) is 58.0 Å². The van der Waals surface area contributed by atoms with Gasteiger partial charge in [0.15, 0.2) is 11.5 Å². The van der Waals surface area contributed by atoms with E-state index in [-0.39, 0.29) is 16.4 Å². The highest BCUT2D eigenvalue weighted by molar-refractivity contribution is 8.18. The summed E-state index contributed by atoms with van der Waals surface area (Å²) in [4.78, 5) is 37.6. The van der Waals surface area contributed by atoms with E-state index in [1.807, 2.05) is 0 Å². The Labute approximate surface area is 163 Å². The first kappa shape index (κ1) is 18.8. The number of carbonyl (C=O) groups excluding carboxylic acids is 3. The van der Waals surface area contributed by atoms with Crippen molar-refractivity contribution in [2.45, 2.75) is 0 Å². The smallest absolute Gasteiger partial charge is 0.294 e. The van der Waals surface area contributed by atoms with Crippen molar-refractivity contribution in [2.75, 3.05) is 11.9 Å². The van der Waals surface area contributed by atoms with Gasteiger partial charge in [-0.2, -0.15) is 0 Å². The van der Waals surface area contributed by atoms with E-state index in [4.69, 9.17) is 11.6 Å². The molecule has 1 heterocycles. The molecule has 0 saturated carbocycles. The van der Waals surface area contributed by atoms with Gasteiger partial charge in [0, 0.05) is 10.7 Å². The monoisotopic (exact) mass is 404 g/mol. The summed E-state index contributed by atoms with van der Waals surface area (Å²) in [5.41, 5.74) is 0.883. The molecule has 2 aromatic rings. The van der Waals surface area contributed by atoms with Crippen LogP contribution in [-0.2, 0) is 9.59 Å². The molecule has 27 heavy (non-hydrogen) atoms. The molecule has 0 radical (unpaired) electrons. The fraction of sp³-hybridized carbons (Fsp3) is 0.0556. The molecule has 0 aliphatic carbocycles. The fourth-order valence-corrected chi connectivity index (χ4v) is 3.36. The van der Waals surface area contributed by atoms with Crippen LogP contribution in [0, 0.1) is 0 Å². The molecule has 3 rings (SSSR count). The summed E-state index contributed by atoms with van der Waals surface area (Å²) in [6.07, 6.45) is 1.40. The average Bonchev–Trinajstić information content (AvgIpc) is 2.85. The second-order valence-corrected chi connectivity index (χ2v) is 7.00. The molecule has 0 aromatic heterocycles. The maximum absolute atomic E-state index is 12.4. The number of amides is 3. The number of hydrogen-bond donors (Lipinski definition) is 3. The summed E-state index contributed by atoms with van der Waals surface area (Å²) >= 11 is 6.54. The second-order valence-electron chi connectivity index (χ2n) is 5.57. The number of phenols is 2. The van der Waals surface area contributed by atoms with Gasteiger partial charge in [0.05, 0.1) is 4.91 Å². The number of phenolic OH excluding ortho intramolecular Hbond substituents is 2. The summed E-state index contributed by atoms with van der Waals surface area (Å²) in [6, 6.07) is 10.5. The number of hydrogen-bond acceptors (Lipinski definition) is 6. The van der Waals surface area contributed by atoms with Gasteiger partial charge in [0.2, 0.25) is 5.91 Å². The Bertz CT molecular complexity index is 976. The van der Waals surface area contributed by atoms with Crippen LogP contribution >= 0.6 is 23.4 Å². The Kier molecular flexibility index (Phi) is 5.38. The van der Waals surface area contributed by atoms with Gasteiger partial charge in [-0.15, -0.1) is 0 Å². The third kappa shape index (κ3) is 4.42. The van der Waals surface area contributed by atoms with Crippen LogP contribution in [0.1, 0.15) is 5.56 Å². The van der Waals surface area contributed by atoms with Crippen molar-refractivity contribution < 1.29 is 24.6 Å². The molecule has 7 nitrogen and oxygen atoms in total. The van der Waals surface area contributed by atoms with Crippen molar-refractivity contribution in [1.82, 2.24) is 4.90 Å². The Morgan fingerprint density at radius 3 is 2.63 bits per heavy atom. The Hall–Kier alpha value is -2.97. The second kappa shape index (κ2) is 7.73. The van der Waals surface area contributed by atoms with Gasteiger partial charge in [-0.1, -0.05) is 23.7 Å². The van der Waals surface area contributed by atoms with E-state index < -0.39 is 23.6 Å². The highest BCUT2D eigenvalue weighted by Gasteiger charge is 2.36. The lowest BCUT2D eigenvalue weighted by molar-refractivity contribution is -0.127. The largest absolute Gasteiger partial charge is 0.504 e. The van der Waals surface area contributed by atoms with Gasteiger partial charge in [0.25, 0.3) is 11.1 Å².